The average molecular weight is 280 g/mol. The monoisotopic (exact) mass is 280 g/mol. The van der Waals surface area contributed by atoms with E-state index in [2.05, 4.69) is 5.10 Å². The summed E-state index contributed by atoms with van der Waals surface area (Å²) < 4.78 is 28.0. The van der Waals surface area contributed by atoms with Gasteiger partial charge in [0.25, 0.3) is 0 Å². The number of halogens is 2. The van der Waals surface area contributed by atoms with Gasteiger partial charge in [-0.25, -0.2) is 18.3 Å². The van der Waals surface area contributed by atoms with Crippen molar-refractivity contribution in [3.63, 3.8) is 0 Å². The van der Waals surface area contributed by atoms with Crippen LogP contribution in [0.15, 0.2) is 24.3 Å². The maximum Gasteiger partial charge on any atom is 0.356 e. The van der Waals surface area contributed by atoms with Crippen LogP contribution >= 0.6 is 0 Å². The molecular weight excluding hydrogens is 266 g/mol. The molecule has 0 aliphatic rings. The number of hydrogen-bond acceptors (Lipinski definition) is 2. The van der Waals surface area contributed by atoms with Gasteiger partial charge in [0.1, 0.15) is 11.5 Å². The maximum atomic E-state index is 13.9. The first-order valence-corrected chi connectivity index (χ1v) is 5.99. The Morgan fingerprint density at radius 3 is 2.40 bits per heavy atom. The molecule has 0 fully saturated rings. The Morgan fingerprint density at radius 2 is 1.90 bits per heavy atom. The first kappa shape index (κ1) is 14.2. The van der Waals surface area contributed by atoms with Gasteiger partial charge < -0.3 is 5.11 Å². The van der Waals surface area contributed by atoms with E-state index in [1.54, 1.807) is 0 Å². The number of hydrogen-bond donors (Lipinski definition) is 1. The normalized spacial score (nSPS) is 11.7. The van der Waals surface area contributed by atoms with Crippen LogP contribution in [0.25, 0.3) is 5.69 Å². The first-order chi connectivity index (χ1) is 9.20. The van der Waals surface area contributed by atoms with Crippen LogP contribution in [0.5, 0.6) is 0 Å². The standard InChI is InChI=1S/C14H14F2N2O2/c1-14(2,3)12-7-10(13(19)20)17-18(12)11-5-4-8(15)6-9(11)16/h4-7H,1-3H3,(H,19,20). The highest BCUT2D eigenvalue weighted by Crippen LogP contribution is 2.27. The topological polar surface area (TPSA) is 55.1 Å². The van der Waals surface area contributed by atoms with Gasteiger partial charge in [0.05, 0.1) is 5.69 Å². The lowest BCUT2D eigenvalue weighted by molar-refractivity contribution is 0.0690. The van der Waals surface area contributed by atoms with E-state index in [1.807, 2.05) is 20.8 Å². The van der Waals surface area contributed by atoms with Crippen molar-refractivity contribution in [2.45, 2.75) is 26.2 Å². The summed E-state index contributed by atoms with van der Waals surface area (Å²) in [6.45, 7) is 5.56. The van der Waals surface area contributed by atoms with Crippen LogP contribution in [-0.2, 0) is 5.41 Å². The summed E-state index contributed by atoms with van der Waals surface area (Å²) in [6, 6.07) is 4.47. The van der Waals surface area contributed by atoms with Crippen molar-refractivity contribution in [2.75, 3.05) is 0 Å². The molecule has 0 spiro atoms. The Bertz CT molecular complexity index is 672. The van der Waals surface area contributed by atoms with E-state index < -0.39 is 23.0 Å². The summed E-state index contributed by atoms with van der Waals surface area (Å²) in [7, 11) is 0. The molecule has 4 nitrogen and oxygen atoms in total. The molecule has 1 N–H and O–H groups in total. The molecule has 0 saturated heterocycles. The molecule has 2 rings (SSSR count). The SMILES string of the molecule is CC(C)(C)c1cc(C(=O)O)nn1-c1ccc(F)cc1F. The molecule has 2 aromatic rings. The maximum absolute atomic E-state index is 13.9. The number of aromatic carboxylic acids is 1. The first-order valence-electron chi connectivity index (χ1n) is 5.99. The molecule has 1 aromatic carbocycles. The van der Waals surface area contributed by atoms with Crippen LogP contribution in [0.4, 0.5) is 8.78 Å². The van der Waals surface area contributed by atoms with Crippen LogP contribution in [-0.4, -0.2) is 20.9 Å². The van der Waals surface area contributed by atoms with Gasteiger partial charge in [0.15, 0.2) is 11.5 Å². The van der Waals surface area contributed by atoms with Crippen molar-refractivity contribution in [3.8, 4) is 5.69 Å². The quantitative estimate of drug-likeness (QED) is 0.919. The molecule has 0 unspecified atom stereocenters. The molecule has 0 bridgehead atoms. The van der Waals surface area contributed by atoms with E-state index in [4.69, 9.17) is 5.11 Å². The van der Waals surface area contributed by atoms with E-state index in [9.17, 15) is 13.6 Å². The number of benzene rings is 1. The van der Waals surface area contributed by atoms with Crippen molar-refractivity contribution in [1.82, 2.24) is 9.78 Å². The summed E-state index contributed by atoms with van der Waals surface area (Å²) in [5, 5.41) is 12.9. The zero-order valence-corrected chi connectivity index (χ0v) is 11.3. The Labute approximate surface area is 114 Å². The van der Waals surface area contributed by atoms with E-state index in [0.29, 0.717) is 5.69 Å². The Hall–Kier alpha value is -2.24. The lowest BCUT2D eigenvalue weighted by Crippen LogP contribution is -2.18. The van der Waals surface area contributed by atoms with Crippen LogP contribution in [0, 0.1) is 11.6 Å². The highest BCUT2D eigenvalue weighted by molar-refractivity contribution is 5.85. The molecule has 106 valence electrons. The highest BCUT2D eigenvalue weighted by atomic mass is 19.1. The van der Waals surface area contributed by atoms with Crippen molar-refractivity contribution in [1.29, 1.82) is 0 Å². The third kappa shape index (κ3) is 2.54. The van der Waals surface area contributed by atoms with Crippen molar-refractivity contribution in [3.05, 3.63) is 47.3 Å². The molecule has 1 heterocycles. The predicted molar refractivity (Wildman–Crippen MR) is 69.1 cm³/mol. The number of rotatable bonds is 2. The van der Waals surface area contributed by atoms with Crippen LogP contribution in [0.3, 0.4) is 0 Å². The summed E-state index contributed by atoms with van der Waals surface area (Å²) >= 11 is 0. The number of carboxylic acids is 1. The lowest BCUT2D eigenvalue weighted by atomic mass is 9.91. The second kappa shape index (κ2) is 4.70. The third-order valence-electron chi connectivity index (χ3n) is 2.83. The minimum absolute atomic E-state index is 0.0174. The Balaban J connectivity index is 2.69. The average Bonchev–Trinajstić information content (AvgIpc) is 2.73. The minimum Gasteiger partial charge on any atom is -0.476 e. The van der Waals surface area contributed by atoms with Crippen molar-refractivity contribution >= 4 is 5.97 Å². The Morgan fingerprint density at radius 1 is 1.25 bits per heavy atom. The molecule has 0 aliphatic carbocycles. The number of carboxylic acid groups (broad SMARTS) is 1. The van der Waals surface area contributed by atoms with Gasteiger partial charge in [-0.2, -0.15) is 5.10 Å². The number of aromatic nitrogens is 2. The van der Waals surface area contributed by atoms with Gasteiger partial charge in [-0.3, -0.25) is 0 Å². The summed E-state index contributed by atoms with van der Waals surface area (Å²) in [4.78, 5) is 11.0. The zero-order chi connectivity index (χ0) is 15.1. The fourth-order valence-corrected chi connectivity index (χ4v) is 1.86. The van der Waals surface area contributed by atoms with Crippen LogP contribution in [0.1, 0.15) is 37.0 Å². The second-order valence-electron chi connectivity index (χ2n) is 5.48. The fourth-order valence-electron chi connectivity index (χ4n) is 1.86. The molecule has 1 aromatic heterocycles. The van der Waals surface area contributed by atoms with Gasteiger partial charge in [0.2, 0.25) is 0 Å². The number of carbonyl (C=O) groups is 1. The molecule has 20 heavy (non-hydrogen) atoms. The Kier molecular flexibility index (Phi) is 3.33. The zero-order valence-electron chi connectivity index (χ0n) is 11.3. The van der Waals surface area contributed by atoms with Gasteiger partial charge in [-0.05, 0) is 18.2 Å². The van der Waals surface area contributed by atoms with E-state index >= 15 is 0 Å². The minimum atomic E-state index is -1.20. The third-order valence-corrected chi connectivity index (χ3v) is 2.83. The van der Waals surface area contributed by atoms with Crippen LogP contribution < -0.4 is 0 Å². The van der Waals surface area contributed by atoms with Gasteiger partial charge in [-0.1, -0.05) is 20.8 Å². The van der Waals surface area contributed by atoms with E-state index in [1.165, 1.54) is 16.8 Å². The van der Waals surface area contributed by atoms with E-state index in [0.717, 1.165) is 12.1 Å². The van der Waals surface area contributed by atoms with Crippen LogP contribution in [0.2, 0.25) is 0 Å². The molecule has 0 aliphatic heterocycles. The summed E-state index contributed by atoms with van der Waals surface area (Å²) in [5.74, 6) is -2.69. The predicted octanol–water partition coefficient (Wildman–Crippen LogP) is 3.15. The largest absolute Gasteiger partial charge is 0.476 e. The molecule has 0 atom stereocenters. The molecule has 0 saturated carbocycles. The summed E-state index contributed by atoms with van der Waals surface area (Å²) in [6.07, 6.45) is 0. The molecule has 0 amide bonds. The van der Waals surface area contributed by atoms with Gasteiger partial charge in [0, 0.05) is 11.5 Å². The summed E-state index contributed by atoms with van der Waals surface area (Å²) in [5.41, 5.74) is -0.0791. The highest BCUT2D eigenvalue weighted by Gasteiger charge is 2.25. The molecular formula is C14H14F2N2O2. The number of nitrogens with zero attached hydrogens (tertiary/aromatic N) is 2. The smallest absolute Gasteiger partial charge is 0.356 e. The molecule has 0 radical (unpaired) electrons. The van der Waals surface area contributed by atoms with Gasteiger partial charge in [-0.15, -0.1) is 0 Å². The lowest BCUT2D eigenvalue weighted by Gasteiger charge is -2.20. The van der Waals surface area contributed by atoms with E-state index in [-0.39, 0.29) is 11.4 Å². The fraction of sp³-hybridized carbons (Fsp3) is 0.286. The molecule has 6 heteroatoms. The van der Waals surface area contributed by atoms with Gasteiger partial charge >= 0.3 is 5.97 Å². The van der Waals surface area contributed by atoms with Crippen molar-refractivity contribution in [2.24, 2.45) is 0 Å². The van der Waals surface area contributed by atoms with Crippen molar-refractivity contribution < 1.29 is 18.7 Å². The second-order valence-corrected chi connectivity index (χ2v) is 5.48.